The lowest BCUT2D eigenvalue weighted by atomic mass is 10.1. The van der Waals surface area contributed by atoms with Gasteiger partial charge in [0.15, 0.2) is 0 Å². The maximum Gasteiger partial charge on any atom is 0.149 e. The molecular weight excluding hydrogens is 234 g/mol. The molecule has 2 aromatic rings. The topological polar surface area (TPSA) is 35.2 Å². The summed E-state index contributed by atoms with van der Waals surface area (Å²) in [6, 6.07) is 17.7. The highest BCUT2D eigenvalue weighted by Gasteiger charge is 2.00. The van der Waals surface area contributed by atoms with Crippen LogP contribution in [0.25, 0.3) is 0 Å². The predicted molar refractivity (Wildman–Crippen MR) is 77.9 cm³/mol. The SMILES string of the molecule is C[C@H](N)c1cccc(OCC#Cc2ccccc2)c1. The summed E-state index contributed by atoms with van der Waals surface area (Å²) < 4.78 is 5.59. The van der Waals surface area contributed by atoms with Gasteiger partial charge in [-0.05, 0) is 36.8 Å². The molecule has 2 aromatic carbocycles. The van der Waals surface area contributed by atoms with Gasteiger partial charge in [0.25, 0.3) is 0 Å². The zero-order valence-corrected chi connectivity index (χ0v) is 11.0. The zero-order chi connectivity index (χ0) is 13.5. The van der Waals surface area contributed by atoms with Crippen LogP contribution in [-0.2, 0) is 0 Å². The molecule has 0 bridgehead atoms. The van der Waals surface area contributed by atoms with Gasteiger partial charge in [0.1, 0.15) is 12.4 Å². The van der Waals surface area contributed by atoms with Gasteiger partial charge >= 0.3 is 0 Å². The first-order valence-corrected chi connectivity index (χ1v) is 6.28. The van der Waals surface area contributed by atoms with Crippen LogP contribution in [0.1, 0.15) is 24.1 Å². The van der Waals surface area contributed by atoms with E-state index in [0.29, 0.717) is 6.61 Å². The fraction of sp³-hybridized carbons (Fsp3) is 0.176. The van der Waals surface area contributed by atoms with Gasteiger partial charge in [0.2, 0.25) is 0 Å². The lowest BCUT2D eigenvalue weighted by molar-refractivity contribution is 0.369. The fourth-order valence-corrected chi connectivity index (χ4v) is 1.67. The lowest BCUT2D eigenvalue weighted by Crippen LogP contribution is -2.05. The Labute approximate surface area is 114 Å². The van der Waals surface area contributed by atoms with Gasteiger partial charge < -0.3 is 10.5 Å². The molecule has 2 rings (SSSR count). The first kappa shape index (κ1) is 13.2. The predicted octanol–water partition coefficient (Wildman–Crippen LogP) is 3.14. The summed E-state index contributed by atoms with van der Waals surface area (Å²) in [4.78, 5) is 0. The van der Waals surface area contributed by atoms with E-state index in [1.54, 1.807) is 0 Å². The molecule has 0 spiro atoms. The molecule has 0 unspecified atom stereocenters. The van der Waals surface area contributed by atoms with Gasteiger partial charge in [0.05, 0.1) is 0 Å². The minimum absolute atomic E-state index is 0.0129. The first-order chi connectivity index (χ1) is 9.25. The van der Waals surface area contributed by atoms with Gasteiger partial charge in [-0.1, -0.05) is 42.2 Å². The average Bonchev–Trinajstić information content (AvgIpc) is 2.45. The van der Waals surface area contributed by atoms with Crippen LogP contribution in [0.3, 0.4) is 0 Å². The van der Waals surface area contributed by atoms with Gasteiger partial charge in [-0.15, -0.1) is 0 Å². The molecule has 2 nitrogen and oxygen atoms in total. The number of hydrogen-bond acceptors (Lipinski definition) is 2. The second kappa shape index (κ2) is 6.63. The molecule has 0 aliphatic carbocycles. The maximum atomic E-state index is 5.83. The minimum Gasteiger partial charge on any atom is -0.481 e. The van der Waals surface area contributed by atoms with E-state index in [9.17, 15) is 0 Å². The second-order valence-electron chi connectivity index (χ2n) is 4.32. The highest BCUT2D eigenvalue weighted by atomic mass is 16.5. The monoisotopic (exact) mass is 251 g/mol. The van der Waals surface area contributed by atoms with Crippen molar-refractivity contribution < 1.29 is 4.74 Å². The summed E-state index contributed by atoms with van der Waals surface area (Å²) in [5.41, 5.74) is 7.89. The standard InChI is InChI=1S/C17H17NO/c1-14(18)16-10-5-11-17(13-16)19-12-6-9-15-7-3-2-4-8-15/h2-5,7-8,10-11,13-14H,12,18H2,1H3/t14-/m0/s1. The molecule has 1 atom stereocenters. The van der Waals surface area contributed by atoms with Crippen molar-refractivity contribution in [1.29, 1.82) is 0 Å². The van der Waals surface area contributed by atoms with Crippen LogP contribution in [-0.4, -0.2) is 6.61 Å². The van der Waals surface area contributed by atoms with Crippen molar-refractivity contribution in [2.75, 3.05) is 6.61 Å². The number of hydrogen-bond donors (Lipinski definition) is 1. The van der Waals surface area contributed by atoms with Crippen molar-refractivity contribution in [2.45, 2.75) is 13.0 Å². The van der Waals surface area contributed by atoms with E-state index in [1.165, 1.54) is 0 Å². The molecule has 96 valence electrons. The molecule has 2 N–H and O–H groups in total. The smallest absolute Gasteiger partial charge is 0.149 e. The average molecular weight is 251 g/mol. The number of benzene rings is 2. The van der Waals surface area contributed by atoms with Crippen molar-refractivity contribution in [3.8, 4) is 17.6 Å². The number of rotatable bonds is 3. The molecule has 2 heteroatoms. The van der Waals surface area contributed by atoms with Crippen molar-refractivity contribution >= 4 is 0 Å². The Morgan fingerprint density at radius 3 is 2.63 bits per heavy atom. The minimum atomic E-state index is 0.0129. The molecule has 0 aromatic heterocycles. The van der Waals surface area contributed by atoms with Crippen molar-refractivity contribution in [3.05, 3.63) is 65.7 Å². The lowest BCUT2D eigenvalue weighted by Gasteiger charge is -2.07. The van der Waals surface area contributed by atoms with Gasteiger partial charge in [-0.2, -0.15) is 0 Å². The molecule has 19 heavy (non-hydrogen) atoms. The van der Waals surface area contributed by atoms with E-state index < -0.39 is 0 Å². The van der Waals surface area contributed by atoms with Crippen molar-refractivity contribution in [1.82, 2.24) is 0 Å². The second-order valence-corrected chi connectivity index (χ2v) is 4.32. The summed E-state index contributed by atoms with van der Waals surface area (Å²) >= 11 is 0. The van der Waals surface area contributed by atoms with Crippen LogP contribution in [0.2, 0.25) is 0 Å². The first-order valence-electron chi connectivity index (χ1n) is 6.28. The molecule has 0 amide bonds. The van der Waals surface area contributed by atoms with Crippen molar-refractivity contribution in [2.24, 2.45) is 5.73 Å². The summed E-state index contributed by atoms with van der Waals surface area (Å²) in [6.07, 6.45) is 0. The molecule has 0 aliphatic rings. The van der Waals surface area contributed by atoms with Crippen LogP contribution in [0.4, 0.5) is 0 Å². The van der Waals surface area contributed by atoms with E-state index in [4.69, 9.17) is 10.5 Å². The highest BCUT2D eigenvalue weighted by Crippen LogP contribution is 2.17. The summed E-state index contributed by atoms with van der Waals surface area (Å²) in [6.45, 7) is 2.33. The molecule has 0 heterocycles. The highest BCUT2D eigenvalue weighted by molar-refractivity contribution is 5.34. The quantitative estimate of drug-likeness (QED) is 0.851. The number of ether oxygens (including phenoxy) is 1. The molecule has 0 saturated carbocycles. The molecule has 0 saturated heterocycles. The van der Waals surface area contributed by atoms with Gasteiger partial charge in [0, 0.05) is 11.6 Å². The molecule has 0 fully saturated rings. The van der Waals surface area contributed by atoms with E-state index >= 15 is 0 Å². The van der Waals surface area contributed by atoms with Crippen molar-refractivity contribution in [3.63, 3.8) is 0 Å². The molecule has 0 radical (unpaired) electrons. The Morgan fingerprint density at radius 2 is 1.89 bits per heavy atom. The van der Waals surface area contributed by atoms with E-state index in [2.05, 4.69) is 11.8 Å². The normalized spacial score (nSPS) is 11.3. The van der Waals surface area contributed by atoms with Crippen LogP contribution in [0.15, 0.2) is 54.6 Å². The largest absolute Gasteiger partial charge is 0.481 e. The Kier molecular flexibility index (Phi) is 4.60. The van der Waals surface area contributed by atoms with Crippen LogP contribution in [0.5, 0.6) is 5.75 Å². The van der Waals surface area contributed by atoms with Crippen LogP contribution >= 0.6 is 0 Å². The van der Waals surface area contributed by atoms with Crippen LogP contribution in [0, 0.1) is 11.8 Å². The van der Waals surface area contributed by atoms with Gasteiger partial charge in [-0.3, -0.25) is 0 Å². The molecule has 0 aliphatic heterocycles. The zero-order valence-electron chi connectivity index (χ0n) is 11.0. The fourth-order valence-electron chi connectivity index (χ4n) is 1.67. The third-order valence-corrected chi connectivity index (χ3v) is 2.70. The van der Waals surface area contributed by atoms with E-state index in [0.717, 1.165) is 16.9 Å². The van der Waals surface area contributed by atoms with Gasteiger partial charge in [-0.25, -0.2) is 0 Å². The molecular formula is C17H17NO. The van der Waals surface area contributed by atoms with E-state index in [1.807, 2.05) is 61.5 Å². The summed E-state index contributed by atoms with van der Waals surface area (Å²) in [5.74, 6) is 6.85. The Balaban J connectivity index is 1.93. The summed E-state index contributed by atoms with van der Waals surface area (Å²) in [5, 5.41) is 0. The Morgan fingerprint density at radius 1 is 1.11 bits per heavy atom. The Hall–Kier alpha value is -2.24. The Bertz CT molecular complexity index is 579. The number of nitrogens with two attached hydrogens (primary N) is 1. The summed E-state index contributed by atoms with van der Waals surface area (Å²) in [7, 11) is 0. The third kappa shape index (κ3) is 4.17. The van der Waals surface area contributed by atoms with E-state index in [-0.39, 0.29) is 6.04 Å². The maximum absolute atomic E-state index is 5.83. The third-order valence-electron chi connectivity index (χ3n) is 2.70. The van der Waals surface area contributed by atoms with Crippen LogP contribution < -0.4 is 10.5 Å².